The van der Waals surface area contributed by atoms with E-state index in [0.717, 1.165) is 12.8 Å². The van der Waals surface area contributed by atoms with Crippen LogP contribution in [0.1, 0.15) is 19.3 Å². The second-order valence-corrected chi connectivity index (χ2v) is 7.03. The van der Waals surface area contributed by atoms with Crippen molar-refractivity contribution >= 4 is 10.0 Å². The summed E-state index contributed by atoms with van der Waals surface area (Å²) in [6.45, 7) is 1.74. The maximum Gasteiger partial charge on any atom is 0.241 e. The van der Waals surface area contributed by atoms with Crippen molar-refractivity contribution in [1.29, 1.82) is 0 Å². The highest BCUT2D eigenvalue weighted by Crippen LogP contribution is 2.43. The molecule has 0 unspecified atom stereocenters. The van der Waals surface area contributed by atoms with Crippen molar-refractivity contribution in [3.8, 4) is 0 Å². The average molecular weight is 283 g/mol. The second-order valence-electron chi connectivity index (χ2n) is 5.18. The standard InChI is InChI=1S/C11H19F2NO3S/c12-11(13)10-5-9(10)7-18(15,16)14-6-8-1-3-17-4-2-8/h8-11,14H,1-7H2/t9-,10+/m0/s1. The highest BCUT2D eigenvalue weighted by Gasteiger charge is 2.46. The molecular formula is C11H19F2NO3S. The van der Waals surface area contributed by atoms with Gasteiger partial charge < -0.3 is 4.74 Å². The summed E-state index contributed by atoms with van der Waals surface area (Å²) >= 11 is 0. The third-order valence-electron chi connectivity index (χ3n) is 3.67. The van der Waals surface area contributed by atoms with Crippen LogP contribution < -0.4 is 4.72 Å². The first kappa shape index (κ1) is 14.1. The Bertz CT molecular complexity index is 368. The summed E-state index contributed by atoms with van der Waals surface area (Å²) in [5.41, 5.74) is 0. The van der Waals surface area contributed by atoms with Gasteiger partial charge in [-0.05, 0) is 31.1 Å². The number of rotatable bonds is 6. The maximum atomic E-state index is 12.3. The van der Waals surface area contributed by atoms with E-state index in [1.54, 1.807) is 0 Å². The minimum Gasteiger partial charge on any atom is -0.381 e. The van der Waals surface area contributed by atoms with Crippen molar-refractivity contribution in [3.63, 3.8) is 0 Å². The topological polar surface area (TPSA) is 55.4 Å². The van der Waals surface area contributed by atoms with Gasteiger partial charge in [0.1, 0.15) is 0 Å². The van der Waals surface area contributed by atoms with E-state index in [2.05, 4.69) is 4.72 Å². The summed E-state index contributed by atoms with van der Waals surface area (Å²) in [7, 11) is -3.41. The molecule has 18 heavy (non-hydrogen) atoms. The van der Waals surface area contributed by atoms with Crippen molar-refractivity contribution in [1.82, 2.24) is 4.72 Å². The van der Waals surface area contributed by atoms with E-state index in [9.17, 15) is 17.2 Å². The normalized spacial score (nSPS) is 29.7. The van der Waals surface area contributed by atoms with Crippen LogP contribution in [-0.2, 0) is 14.8 Å². The Balaban J connectivity index is 1.71. The highest BCUT2D eigenvalue weighted by molar-refractivity contribution is 7.89. The van der Waals surface area contributed by atoms with Gasteiger partial charge in [-0.1, -0.05) is 0 Å². The molecule has 2 atom stereocenters. The molecule has 0 aromatic rings. The first-order valence-electron chi connectivity index (χ1n) is 6.31. The van der Waals surface area contributed by atoms with Crippen LogP contribution in [0.2, 0.25) is 0 Å². The fourth-order valence-electron chi connectivity index (χ4n) is 2.31. The first-order chi connectivity index (χ1) is 8.48. The van der Waals surface area contributed by atoms with E-state index in [-0.39, 0.29) is 11.7 Å². The molecule has 0 amide bonds. The molecule has 0 aromatic carbocycles. The number of halogens is 2. The molecule has 106 valence electrons. The Morgan fingerprint density at radius 2 is 1.94 bits per heavy atom. The van der Waals surface area contributed by atoms with Crippen LogP contribution >= 0.6 is 0 Å². The summed E-state index contributed by atoms with van der Waals surface area (Å²) in [6.07, 6.45) is -0.353. The van der Waals surface area contributed by atoms with Gasteiger partial charge in [-0.25, -0.2) is 21.9 Å². The molecule has 0 radical (unpaired) electrons. The molecule has 4 nitrogen and oxygen atoms in total. The van der Waals surface area contributed by atoms with Crippen LogP contribution in [0, 0.1) is 17.8 Å². The molecule has 1 aliphatic carbocycles. The molecule has 0 aromatic heterocycles. The van der Waals surface area contributed by atoms with Crippen molar-refractivity contribution in [2.75, 3.05) is 25.5 Å². The number of alkyl halides is 2. The molecule has 0 spiro atoms. The molecular weight excluding hydrogens is 264 g/mol. The largest absolute Gasteiger partial charge is 0.381 e. The van der Waals surface area contributed by atoms with Crippen LogP contribution in [0.15, 0.2) is 0 Å². The maximum absolute atomic E-state index is 12.3. The summed E-state index contributed by atoms with van der Waals surface area (Å²) in [5.74, 6) is -0.939. The quantitative estimate of drug-likeness (QED) is 0.798. The van der Waals surface area contributed by atoms with Gasteiger partial charge in [0.25, 0.3) is 0 Å². The van der Waals surface area contributed by atoms with E-state index >= 15 is 0 Å². The highest BCUT2D eigenvalue weighted by atomic mass is 32.2. The average Bonchev–Trinajstić information content (AvgIpc) is 3.07. The Hall–Kier alpha value is -0.270. The van der Waals surface area contributed by atoms with Gasteiger partial charge in [0, 0.05) is 25.7 Å². The van der Waals surface area contributed by atoms with Crippen LogP contribution in [0.5, 0.6) is 0 Å². The second kappa shape index (κ2) is 5.79. The predicted octanol–water partition coefficient (Wildman–Crippen LogP) is 1.23. The van der Waals surface area contributed by atoms with Gasteiger partial charge in [0.15, 0.2) is 0 Å². The van der Waals surface area contributed by atoms with E-state index in [1.807, 2.05) is 0 Å². The third-order valence-corrected chi connectivity index (χ3v) is 5.14. The van der Waals surface area contributed by atoms with Crippen LogP contribution in [0.25, 0.3) is 0 Å². The lowest BCUT2D eigenvalue weighted by Crippen LogP contribution is -2.34. The molecule has 2 fully saturated rings. The molecule has 2 rings (SSSR count). The fourth-order valence-corrected chi connectivity index (χ4v) is 3.86. The molecule has 2 aliphatic rings. The molecule has 1 saturated carbocycles. The Labute approximate surface area is 106 Å². The smallest absolute Gasteiger partial charge is 0.241 e. The third kappa shape index (κ3) is 4.13. The van der Waals surface area contributed by atoms with E-state index in [1.165, 1.54) is 0 Å². The van der Waals surface area contributed by atoms with Crippen molar-refractivity contribution in [3.05, 3.63) is 0 Å². The summed E-state index contributed by atoms with van der Waals surface area (Å²) in [5, 5.41) is 0. The summed E-state index contributed by atoms with van der Waals surface area (Å²) < 4.78 is 55.7. The number of ether oxygens (including phenoxy) is 1. The van der Waals surface area contributed by atoms with Crippen molar-refractivity contribution < 1.29 is 21.9 Å². The van der Waals surface area contributed by atoms with Crippen molar-refractivity contribution in [2.45, 2.75) is 25.7 Å². The summed E-state index contributed by atoms with van der Waals surface area (Å²) in [4.78, 5) is 0. The minimum atomic E-state index is -3.41. The van der Waals surface area contributed by atoms with Crippen LogP contribution in [0.4, 0.5) is 8.78 Å². The van der Waals surface area contributed by atoms with Gasteiger partial charge in [0.2, 0.25) is 16.4 Å². The van der Waals surface area contributed by atoms with E-state index in [4.69, 9.17) is 4.74 Å². The minimum absolute atomic E-state index is 0.161. The first-order valence-corrected chi connectivity index (χ1v) is 7.96. The van der Waals surface area contributed by atoms with Gasteiger partial charge in [-0.3, -0.25) is 0 Å². The van der Waals surface area contributed by atoms with Crippen LogP contribution in [-0.4, -0.2) is 40.4 Å². The van der Waals surface area contributed by atoms with Gasteiger partial charge >= 0.3 is 0 Å². The Morgan fingerprint density at radius 3 is 2.50 bits per heavy atom. The molecule has 1 saturated heterocycles. The van der Waals surface area contributed by atoms with Gasteiger partial charge in [-0.2, -0.15) is 0 Å². The summed E-state index contributed by atoms with van der Waals surface area (Å²) in [6, 6.07) is 0. The Morgan fingerprint density at radius 1 is 1.28 bits per heavy atom. The fraction of sp³-hybridized carbons (Fsp3) is 1.00. The predicted molar refractivity (Wildman–Crippen MR) is 62.9 cm³/mol. The molecule has 0 bridgehead atoms. The number of nitrogens with one attached hydrogen (secondary N) is 1. The number of hydrogen-bond donors (Lipinski definition) is 1. The Kier molecular flexibility index (Phi) is 4.55. The van der Waals surface area contributed by atoms with E-state index < -0.39 is 22.4 Å². The zero-order chi connectivity index (χ0) is 13.2. The number of hydrogen-bond acceptors (Lipinski definition) is 3. The molecule has 1 N–H and O–H groups in total. The lowest BCUT2D eigenvalue weighted by Gasteiger charge is -2.22. The van der Waals surface area contributed by atoms with Gasteiger partial charge in [0.05, 0.1) is 5.75 Å². The molecule has 1 aliphatic heterocycles. The van der Waals surface area contributed by atoms with Crippen molar-refractivity contribution in [2.24, 2.45) is 17.8 Å². The molecule has 7 heteroatoms. The zero-order valence-electron chi connectivity index (χ0n) is 10.1. The van der Waals surface area contributed by atoms with Gasteiger partial charge in [-0.15, -0.1) is 0 Å². The van der Waals surface area contributed by atoms with Crippen LogP contribution in [0.3, 0.4) is 0 Å². The lowest BCUT2D eigenvalue weighted by molar-refractivity contribution is 0.0678. The van der Waals surface area contributed by atoms with E-state index in [0.29, 0.717) is 32.1 Å². The molecule has 1 heterocycles. The number of sulfonamides is 1. The SMILES string of the molecule is O=S(=O)(C[C@@H]1C[C@H]1C(F)F)NCC1CCOCC1. The monoisotopic (exact) mass is 283 g/mol. The lowest BCUT2D eigenvalue weighted by atomic mass is 10.0. The zero-order valence-corrected chi connectivity index (χ0v) is 11.0.